The summed E-state index contributed by atoms with van der Waals surface area (Å²) in [6, 6.07) is 5.76. The van der Waals surface area contributed by atoms with Gasteiger partial charge in [-0.3, -0.25) is 0 Å². The molecule has 1 aromatic rings. The molecule has 0 saturated heterocycles. The molecule has 1 aromatic carbocycles. The van der Waals surface area contributed by atoms with E-state index in [-0.39, 0.29) is 10.0 Å². The minimum absolute atomic E-state index is 0.147. The molecule has 0 aliphatic heterocycles. The molecule has 0 atom stereocenters. The minimum Gasteiger partial charge on any atom is -0.352 e. The van der Waals surface area contributed by atoms with Crippen LogP contribution in [0.25, 0.3) is 0 Å². The molecule has 0 unspecified atom stereocenters. The fourth-order valence-electron chi connectivity index (χ4n) is 0.969. The van der Waals surface area contributed by atoms with Crippen molar-refractivity contribution in [3.63, 3.8) is 0 Å². The molecule has 0 amide bonds. The lowest BCUT2D eigenvalue weighted by Gasteiger charge is -2.16. The van der Waals surface area contributed by atoms with Gasteiger partial charge in [0.05, 0.1) is 0 Å². The standard InChI is InChI=1S/C10H6BrF3O2/c11-8-4-2-1-3-7(8)9(15,16)5-6-10(12,13)14/h1-4,15-16H. The van der Waals surface area contributed by atoms with Gasteiger partial charge in [-0.1, -0.05) is 34.1 Å². The monoisotopic (exact) mass is 294 g/mol. The molecule has 16 heavy (non-hydrogen) atoms. The molecule has 0 aromatic heterocycles. The van der Waals surface area contributed by atoms with Gasteiger partial charge >= 0.3 is 6.18 Å². The summed E-state index contributed by atoms with van der Waals surface area (Å²) in [6.07, 6.45) is -4.77. The highest BCUT2D eigenvalue weighted by molar-refractivity contribution is 9.10. The lowest BCUT2D eigenvalue weighted by Crippen LogP contribution is -2.24. The second-order valence-corrected chi connectivity index (χ2v) is 3.75. The summed E-state index contributed by atoms with van der Waals surface area (Å²) in [4.78, 5) is 0. The predicted octanol–water partition coefficient (Wildman–Crippen LogP) is 2.15. The molecule has 2 nitrogen and oxygen atoms in total. The van der Waals surface area contributed by atoms with Crippen LogP contribution >= 0.6 is 15.9 Å². The zero-order valence-electron chi connectivity index (χ0n) is 7.72. The van der Waals surface area contributed by atoms with Crippen molar-refractivity contribution in [2.24, 2.45) is 0 Å². The smallest absolute Gasteiger partial charge is 0.352 e. The Balaban J connectivity index is 3.11. The van der Waals surface area contributed by atoms with Gasteiger partial charge in [0.1, 0.15) is 0 Å². The van der Waals surface area contributed by atoms with Crippen LogP contribution in [0.1, 0.15) is 5.56 Å². The maximum atomic E-state index is 11.8. The van der Waals surface area contributed by atoms with Crippen LogP contribution in [0.2, 0.25) is 0 Å². The van der Waals surface area contributed by atoms with Gasteiger partial charge in [-0.2, -0.15) is 13.2 Å². The molecule has 0 radical (unpaired) electrons. The first-order valence-electron chi connectivity index (χ1n) is 4.03. The van der Waals surface area contributed by atoms with E-state index < -0.39 is 12.0 Å². The van der Waals surface area contributed by atoms with E-state index in [1.807, 2.05) is 0 Å². The highest BCUT2D eigenvalue weighted by Crippen LogP contribution is 2.26. The number of alkyl halides is 3. The van der Waals surface area contributed by atoms with Crippen LogP contribution in [0.3, 0.4) is 0 Å². The van der Waals surface area contributed by atoms with Crippen LogP contribution in [0, 0.1) is 11.8 Å². The molecular formula is C10H6BrF3O2. The van der Waals surface area contributed by atoms with E-state index in [0.29, 0.717) is 0 Å². The van der Waals surface area contributed by atoms with Crippen molar-refractivity contribution < 1.29 is 23.4 Å². The average molecular weight is 295 g/mol. The number of rotatable bonds is 1. The molecule has 0 bridgehead atoms. The maximum absolute atomic E-state index is 11.8. The van der Waals surface area contributed by atoms with E-state index in [2.05, 4.69) is 15.9 Å². The Morgan fingerprint density at radius 1 is 1.06 bits per heavy atom. The van der Waals surface area contributed by atoms with Crippen molar-refractivity contribution in [1.82, 2.24) is 0 Å². The molecule has 6 heteroatoms. The quantitative estimate of drug-likeness (QED) is 0.615. The van der Waals surface area contributed by atoms with Gasteiger partial charge in [0.25, 0.3) is 5.79 Å². The lowest BCUT2D eigenvalue weighted by atomic mass is 10.1. The van der Waals surface area contributed by atoms with Crippen molar-refractivity contribution in [2.75, 3.05) is 0 Å². The fourth-order valence-corrected chi connectivity index (χ4v) is 1.53. The number of hydrogen-bond acceptors (Lipinski definition) is 2. The lowest BCUT2D eigenvalue weighted by molar-refractivity contribution is -0.119. The molecule has 0 fully saturated rings. The molecule has 2 N–H and O–H groups in total. The Morgan fingerprint density at radius 3 is 2.12 bits per heavy atom. The van der Waals surface area contributed by atoms with E-state index in [1.54, 1.807) is 6.07 Å². The van der Waals surface area contributed by atoms with Crippen LogP contribution in [0.4, 0.5) is 13.2 Å². The van der Waals surface area contributed by atoms with Crippen LogP contribution in [-0.4, -0.2) is 16.4 Å². The third-order valence-electron chi connectivity index (χ3n) is 1.63. The Labute approximate surface area is 97.8 Å². The van der Waals surface area contributed by atoms with Gasteiger partial charge < -0.3 is 10.2 Å². The van der Waals surface area contributed by atoms with Gasteiger partial charge in [-0.05, 0) is 12.0 Å². The van der Waals surface area contributed by atoms with E-state index in [1.165, 1.54) is 24.1 Å². The van der Waals surface area contributed by atoms with E-state index in [9.17, 15) is 23.4 Å². The third-order valence-corrected chi connectivity index (χ3v) is 2.32. The number of hydrogen-bond donors (Lipinski definition) is 2. The van der Waals surface area contributed by atoms with Gasteiger partial charge in [-0.15, -0.1) is 0 Å². The molecule has 0 aliphatic carbocycles. The van der Waals surface area contributed by atoms with Crippen molar-refractivity contribution in [1.29, 1.82) is 0 Å². The van der Waals surface area contributed by atoms with Crippen molar-refractivity contribution in [3.05, 3.63) is 34.3 Å². The van der Waals surface area contributed by atoms with E-state index >= 15 is 0 Å². The molecule has 0 heterocycles. The van der Waals surface area contributed by atoms with Crippen molar-refractivity contribution in [3.8, 4) is 11.8 Å². The normalized spacial score (nSPS) is 11.9. The van der Waals surface area contributed by atoms with Gasteiger partial charge in [0.15, 0.2) is 0 Å². The van der Waals surface area contributed by atoms with Crippen LogP contribution in [-0.2, 0) is 5.79 Å². The first kappa shape index (κ1) is 13.0. The van der Waals surface area contributed by atoms with E-state index in [4.69, 9.17) is 0 Å². The van der Waals surface area contributed by atoms with Crippen LogP contribution in [0.15, 0.2) is 28.7 Å². The first-order chi connectivity index (χ1) is 7.22. The fraction of sp³-hybridized carbons (Fsp3) is 0.200. The van der Waals surface area contributed by atoms with Crippen molar-refractivity contribution in [2.45, 2.75) is 12.0 Å². The first-order valence-corrected chi connectivity index (χ1v) is 4.82. The highest BCUT2D eigenvalue weighted by Gasteiger charge is 2.29. The average Bonchev–Trinajstić information content (AvgIpc) is 2.14. The zero-order chi connectivity index (χ0) is 12.4. The predicted molar refractivity (Wildman–Crippen MR) is 54.1 cm³/mol. The number of benzene rings is 1. The summed E-state index contributed by atoms with van der Waals surface area (Å²) in [6.45, 7) is 0. The van der Waals surface area contributed by atoms with Crippen LogP contribution < -0.4 is 0 Å². The summed E-state index contributed by atoms with van der Waals surface area (Å²) >= 11 is 2.98. The topological polar surface area (TPSA) is 40.5 Å². The Morgan fingerprint density at radius 2 is 1.62 bits per heavy atom. The van der Waals surface area contributed by atoms with Crippen molar-refractivity contribution >= 4 is 15.9 Å². The van der Waals surface area contributed by atoms with E-state index in [0.717, 1.165) is 5.92 Å². The summed E-state index contributed by atoms with van der Waals surface area (Å²) < 4.78 is 35.6. The Bertz CT molecular complexity index is 443. The highest BCUT2D eigenvalue weighted by atomic mass is 79.9. The minimum atomic E-state index is -4.77. The summed E-state index contributed by atoms with van der Waals surface area (Å²) in [5, 5.41) is 18.8. The zero-order valence-corrected chi connectivity index (χ0v) is 9.30. The maximum Gasteiger partial charge on any atom is 0.457 e. The van der Waals surface area contributed by atoms with Gasteiger partial charge in [0.2, 0.25) is 0 Å². The molecule has 1 rings (SSSR count). The third kappa shape index (κ3) is 3.52. The summed E-state index contributed by atoms with van der Waals surface area (Å²) in [5.41, 5.74) is -0.147. The SMILES string of the molecule is OC(O)(C#CC(F)(F)F)c1ccccc1Br. The molecule has 0 aliphatic rings. The molecule has 0 spiro atoms. The molecule has 0 saturated carbocycles. The van der Waals surface area contributed by atoms with Crippen LogP contribution in [0.5, 0.6) is 0 Å². The summed E-state index contributed by atoms with van der Waals surface area (Å²) in [5.74, 6) is -0.658. The number of aliphatic hydroxyl groups is 2. The Hall–Kier alpha value is -1.03. The second kappa shape index (κ2) is 4.45. The van der Waals surface area contributed by atoms with Gasteiger partial charge in [0, 0.05) is 16.0 Å². The molecular weight excluding hydrogens is 289 g/mol. The summed E-state index contributed by atoms with van der Waals surface area (Å²) in [7, 11) is 0. The molecule has 86 valence electrons. The number of halogens is 4. The van der Waals surface area contributed by atoms with Gasteiger partial charge in [-0.25, -0.2) is 0 Å². The second-order valence-electron chi connectivity index (χ2n) is 2.90. The Kier molecular flexibility index (Phi) is 3.63. The largest absolute Gasteiger partial charge is 0.457 e.